The standard InChI is InChI=1S/C21H20N2O/c1-12(2)18-11-22-19(10-13(18)3)17-7-5-6-15-16-9-8-14(4)23-21(16)24-20(15)17/h5-12H,1-4H3. The van der Waals surface area contributed by atoms with Crippen LogP contribution < -0.4 is 0 Å². The van der Waals surface area contributed by atoms with Crippen molar-refractivity contribution in [3.8, 4) is 11.3 Å². The van der Waals surface area contributed by atoms with E-state index in [4.69, 9.17) is 4.42 Å². The van der Waals surface area contributed by atoms with Crippen LogP contribution >= 0.6 is 0 Å². The second-order valence-electron chi connectivity index (χ2n) is 6.67. The first kappa shape index (κ1) is 14.9. The fourth-order valence-corrected chi connectivity index (χ4v) is 3.29. The van der Waals surface area contributed by atoms with Crippen molar-refractivity contribution in [2.45, 2.75) is 33.6 Å². The number of nitrogens with zero attached hydrogens (tertiary/aromatic N) is 2. The molecular formula is C21H20N2O. The normalized spacial score (nSPS) is 11.7. The Bertz CT molecular complexity index is 1060. The summed E-state index contributed by atoms with van der Waals surface area (Å²) in [5.74, 6) is 0.473. The van der Waals surface area contributed by atoms with Gasteiger partial charge in [0.15, 0.2) is 0 Å². The number of hydrogen-bond donors (Lipinski definition) is 0. The molecule has 0 bridgehead atoms. The molecule has 4 aromatic rings. The number of aryl methyl sites for hydroxylation is 2. The maximum Gasteiger partial charge on any atom is 0.227 e. The molecule has 0 fully saturated rings. The first-order valence-corrected chi connectivity index (χ1v) is 8.30. The van der Waals surface area contributed by atoms with Crippen LogP contribution in [0.1, 0.15) is 36.6 Å². The molecule has 0 aliphatic rings. The van der Waals surface area contributed by atoms with Gasteiger partial charge in [-0.3, -0.25) is 4.98 Å². The average molecular weight is 316 g/mol. The second kappa shape index (κ2) is 5.45. The molecule has 3 heterocycles. The summed E-state index contributed by atoms with van der Waals surface area (Å²) in [4.78, 5) is 9.20. The Balaban J connectivity index is 1.97. The zero-order valence-corrected chi connectivity index (χ0v) is 14.4. The maximum atomic E-state index is 6.09. The third kappa shape index (κ3) is 2.28. The van der Waals surface area contributed by atoms with E-state index in [-0.39, 0.29) is 0 Å². The quantitative estimate of drug-likeness (QED) is 0.470. The summed E-state index contributed by atoms with van der Waals surface area (Å²) in [6, 6.07) is 12.4. The zero-order chi connectivity index (χ0) is 16.8. The number of pyridine rings is 2. The molecule has 1 aromatic carbocycles. The lowest BCUT2D eigenvalue weighted by Crippen LogP contribution is -1.95. The van der Waals surface area contributed by atoms with Crippen molar-refractivity contribution in [3.63, 3.8) is 0 Å². The minimum atomic E-state index is 0.473. The van der Waals surface area contributed by atoms with E-state index in [9.17, 15) is 0 Å². The minimum absolute atomic E-state index is 0.473. The Kier molecular flexibility index (Phi) is 3.38. The van der Waals surface area contributed by atoms with Crippen molar-refractivity contribution in [2.24, 2.45) is 0 Å². The van der Waals surface area contributed by atoms with Gasteiger partial charge in [0.2, 0.25) is 5.71 Å². The Hall–Kier alpha value is -2.68. The number of aromatic nitrogens is 2. The highest BCUT2D eigenvalue weighted by atomic mass is 16.3. The molecule has 3 nitrogen and oxygen atoms in total. The van der Waals surface area contributed by atoms with Crippen molar-refractivity contribution in [2.75, 3.05) is 0 Å². The van der Waals surface area contributed by atoms with Gasteiger partial charge in [-0.1, -0.05) is 26.0 Å². The van der Waals surface area contributed by atoms with Gasteiger partial charge in [0, 0.05) is 28.2 Å². The topological polar surface area (TPSA) is 38.9 Å². The summed E-state index contributed by atoms with van der Waals surface area (Å²) in [5.41, 5.74) is 7.01. The molecule has 3 aromatic heterocycles. The number of para-hydroxylation sites is 1. The molecule has 4 rings (SSSR count). The molecule has 120 valence electrons. The molecule has 0 saturated heterocycles. The van der Waals surface area contributed by atoms with Crippen molar-refractivity contribution < 1.29 is 4.42 Å². The van der Waals surface area contributed by atoms with E-state index in [1.807, 2.05) is 19.2 Å². The smallest absolute Gasteiger partial charge is 0.227 e. The molecule has 0 N–H and O–H groups in total. The van der Waals surface area contributed by atoms with Crippen LogP contribution in [-0.4, -0.2) is 9.97 Å². The van der Waals surface area contributed by atoms with Crippen LogP contribution in [0.5, 0.6) is 0 Å². The minimum Gasteiger partial charge on any atom is -0.437 e. The number of benzene rings is 1. The van der Waals surface area contributed by atoms with Crippen LogP contribution in [0.4, 0.5) is 0 Å². The zero-order valence-electron chi connectivity index (χ0n) is 14.4. The van der Waals surface area contributed by atoms with Gasteiger partial charge in [-0.05, 0) is 55.2 Å². The summed E-state index contributed by atoms with van der Waals surface area (Å²) in [5, 5.41) is 2.13. The van der Waals surface area contributed by atoms with E-state index in [2.05, 4.69) is 61.1 Å². The van der Waals surface area contributed by atoms with Crippen molar-refractivity contribution in [3.05, 3.63) is 59.4 Å². The molecule has 24 heavy (non-hydrogen) atoms. The first-order chi connectivity index (χ1) is 11.5. The van der Waals surface area contributed by atoms with Gasteiger partial charge in [0.05, 0.1) is 5.69 Å². The molecule has 0 radical (unpaired) electrons. The summed E-state index contributed by atoms with van der Waals surface area (Å²) in [6.45, 7) is 8.50. The van der Waals surface area contributed by atoms with Crippen molar-refractivity contribution in [1.82, 2.24) is 9.97 Å². The van der Waals surface area contributed by atoms with Gasteiger partial charge in [-0.25, -0.2) is 4.98 Å². The fraction of sp³-hybridized carbons (Fsp3) is 0.238. The second-order valence-corrected chi connectivity index (χ2v) is 6.67. The SMILES string of the molecule is Cc1ccc2c(n1)oc1c(-c3cc(C)c(C(C)C)cn3)cccc12. The monoisotopic (exact) mass is 316 g/mol. The van der Waals surface area contributed by atoms with Crippen LogP contribution in [0.15, 0.2) is 47.0 Å². The summed E-state index contributed by atoms with van der Waals surface area (Å²) in [7, 11) is 0. The highest BCUT2D eigenvalue weighted by Crippen LogP contribution is 2.35. The lowest BCUT2D eigenvalue weighted by Gasteiger charge is -2.11. The summed E-state index contributed by atoms with van der Waals surface area (Å²) >= 11 is 0. The van der Waals surface area contributed by atoms with E-state index in [0.717, 1.165) is 33.3 Å². The first-order valence-electron chi connectivity index (χ1n) is 8.30. The molecule has 0 aliphatic carbocycles. The van der Waals surface area contributed by atoms with E-state index in [1.165, 1.54) is 11.1 Å². The number of furan rings is 1. The number of fused-ring (bicyclic) bond motifs is 3. The van der Waals surface area contributed by atoms with Crippen molar-refractivity contribution >= 4 is 22.1 Å². The predicted molar refractivity (Wildman–Crippen MR) is 98.3 cm³/mol. The van der Waals surface area contributed by atoms with E-state index >= 15 is 0 Å². The van der Waals surface area contributed by atoms with Gasteiger partial charge < -0.3 is 4.42 Å². The van der Waals surface area contributed by atoms with Crippen LogP contribution in [-0.2, 0) is 0 Å². The fourth-order valence-electron chi connectivity index (χ4n) is 3.29. The molecular weight excluding hydrogens is 296 g/mol. The molecule has 3 heteroatoms. The van der Waals surface area contributed by atoms with Gasteiger partial charge in [-0.15, -0.1) is 0 Å². The Morgan fingerprint density at radius 1 is 1.00 bits per heavy atom. The predicted octanol–water partition coefficient (Wildman–Crippen LogP) is 5.78. The third-order valence-electron chi connectivity index (χ3n) is 4.55. The van der Waals surface area contributed by atoms with Gasteiger partial charge in [-0.2, -0.15) is 0 Å². The lowest BCUT2D eigenvalue weighted by molar-refractivity contribution is 0.653. The number of rotatable bonds is 2. The Labute approximate surface area is 141 Å². The highest BCUT2D eigenvalue weighted by molar-refractivity contribution is 6.08. The maximum absolute atomic E-state index is 6.09. The molecule has 0 spiro atoms. The largest absolute Gasteiger partial charge is 0.437 e. The third-order valence-corrected chi connectivity index (χ3v) is 4.55. The van der Waals surface area contributed by atoms with Crippen LogP contribution in [0.2, 0.25) is 0 Å². The van der Waals surface area contributed by atoms with Gasteiger partial charge >= 0.3 is 0 Å². The Morgan fingerprint density at radius 2 is 1.83 bits per heavy atom. The average Bonchev–Trinajstić information content (AvgIpc) is 2.91. The molecule has 0 amide bonds. The molecule has 0 unspecified atom stereocenters. The van der Waals surface area contributed by atoms with Crippen molar-refractivity contribution in [1.29, 1.82) is 0 Å². The van der Waals surface area contributed by atoms with Crippen LogP contribution in [0, 0.1) is 13.8 Å². The van der Waals surface area contributed by atoms with E-state index < -0.39 is 0 Å². The van der Waals surface area contributed by atoms with Gasteiger partial charge in [0.25, 0.3) is 0 Å². The highest BCUT2D eigenvalue weighted by Gasteiger charge is 2.15. The van der Waals surface area contributed by atoms with Crippen LogP contribution in [0.25, 0.3) is 33.3 Å². The Morgan fingerprint density at radius 3 is 2.58 bits per heavy atom. The van der Waals surface area contributed by atoms with E-state index in [0.29, 0.717) is 11.6 Å². The number of hydrogen-bond acceptors (Lipinski definition) is 3. The van der Waals surface area contributed by atoms with Gasteiger partial charge in [0.1, 0.15) is 5.58 Å². The molecule has 0 aliphatic heterocycles. The lowest BCUT2D eigenvalue weighted by atomic mass is 9.98. The van der Waals surface area contributed by atoms with Crippen LogP contribution in [0.3, 0.4) is 0 Å². The molecule has 0 saturated carbocycles. The van der Waals surface area contributed by atoms with E-state index in [1.54, 1.807) is 0 Å². The summed E-state index contributed by atoms with van der Waals surface area (Å²) < 4.78 is 6.09. The molecule has 0 atom stereocenters. The summed E-state index contributed by atoms with van der Waals surface area (Å²) in [6.07, 6.45) is 1.99.